The fraction of sp³-hybridized carbons (Fsp3) is 0.0312. The SMILES string of the molecule is Cc1cc(-c2ccc(C#N)cc2)ccc1-c1nc2cnccc2c2c1ccc1c3ccccc3oc12. The van der Waals surface area contributed by atoms with Crippen LogP contribution in [0.1, 0.15) is 11.1 Å². The molecule has 0 saturated heterocycles. The summed E-state index contributed by atoms with van der Waals surface area (Å²) in [4.78, 5) is 9.43. The zero-order chi connectivity index (χ0) is 24.2. The minimum absolute atomic E-state index is 0.657. The number of fused-ring (bicyclic) bond motifs is 7. The van der Waals surface area contributed by atoms with Gasteiger partial charge in [-0.15, -0.1) is 0 Å². The van der Waals surface area contributed by atoms with Crippen molar-refractivity contribution in [2.45, 2.75) is 6.92 Å². The number of aryl methyl sites for hydroxylation is 1. The van der Waals surface area contributed by atoms with Crippen molar-refractivity contribution in [3.63, 3.8) is 0 Å². The molecule has 0 aliphatic heterocycles. The number of nitriles is 1. The molecule has 0 spiro atoms. The van der Waals surface area contributed by atoms with E-state index in [1.807, 2.05) is 60.9 Å². The summed E-state index contributed by atoms with van der Waals surface area (Å²) in [6, 6.07) is 30.8. The number of pyridine rings is 2. The lowest BCUT2D eigenvalue weighted by molar-refractivity contribution is 0.673. The first kappa shape index (κ1) is 20.4. The average Bonchev–Trinajstić information content (AvgIpc) is 3.31. The van der Waals surface area contributed by atoms with Gasteiger partial charge in [-0.1, -0.05) is 54.6 Å². The minimum Gasteiger partial charge on any atom is -0.455 e. The summed E-state index contributed by atoms with van der Waals surface area (Å²) in [7, 11) is 0. The second kappa shape index (κ2) is 7.76. The molecule has 0 amide bonds. The zero-order valence-corrected chi connectivity index (χ0v) is 19.5. The van der Waals surface area contributed by atoms with Crippen molar-refractivity contribution in [1.82, 2.24) is 9.97 Å². The number of aromatic nitrogens is 2. The molecule has 0 unspecified atom stereocenters. The molecule has 7 aromatic rings. The molecule has 0 aliphatic rings. The number of benzene rings is 4. The van der Waals surface area contributed by atoms with Gasteiger partial charge in [-0.2, -0.15) is 5.26 Å². The molecule has 4 heteroatoms. The summed E-state index contributed by atoms with van der Waals surface area (Å²) >= 11 is 0. The average molecular weight is 462 g/mol. The maximum atomic E-state index is 9.11. The van der Waals surface area contributed by atoms with Crippen molar-refractivity contribution in [3.05, 3.63) is 108 Å². The van der Waals surface area contributed by atoms with Crippen LogP contribution in [0.2, 0.25) is 0 Å². The first-order chi connectivity index (χ1) is 17.7. The van der Waals surface area contributed by atoms with E-state index in [-0.39, 0.29) is 0 Å². The highest BCUT2D eigenvalue weighted by Gasteiger charge is 2.18. The molecule has 0 aliphatic carbocycles. The second-order valence-corrected chi connectivity index (χ2v) is 9.04. The van der Waals surface area contributed by atoms with Gasteiger partial charge in [-0.05, 0) is 53.9 Å². The maximum absolute atomic E-state index is 9.11. The smallest absolute Gasteiger partial charge is 0.144 e. The van der Waals surface area contributed by atoms with E-state index in [1.54, 1.807) is 0 Å². The van der Waals surface area contributed by atoms with Gasteiger partial charge in [0, 0.05) is 38.7 Å². The van der Waals surface area contributed by atoms with Gasteiger partial charge in [0.2, 0.25) is 0 Å². The van der Waals surface area contributed by atoms with E-state index < -0.39 is 0 Å². The number of furan rings is 1. The number of para-hydroxylation sites is 1. The minimum atomic E-state index is 0.657. The van der Waals surface area contributed by atoms with E-state index in [2.05, 4.69) is 54.4 Å². The Hall–Kier alpha value is -5.01. The van der Waals surface area contributed by atoms with E-state index >= 15 is 0 Å². The largest absolute Gasteiger partial charge is 0.455 e. The van der Waals surface area contributed by atoms with Gasteiger partial charge >= 0.3 is 0 Å². The normalized spacial score (nSPS) is 11.4. The lowest BCUT2D eigenvalue weighted by atomic mass is 9.94. The van der Waals surface area contributed by atoms with Gasteiger partial charge in [0.15, 0.2) is 0 Å². The van der Waals surface area contributed by atoms with E-state index in [0.717, 1.165) is 71.6 Å². The lowest BCUT2D eigenvalue weighted by Crippen LogP contribution is -1.93. The van der Waals surface area contributed by atoms with Crippen LogP contribution in [0.4, 0.5) is 0 Å². The fourth-order valence-electron chi connectivity index (χ4n) is 5.17. The summed E-state index contributed by atoms with van der Waals surface area (Å²) < 4.78 is 6.42. The Morgan fingerprint density at radius 2 is 1.58 bits per heavy atom. The van der Waals surface area contributed by atoms with Gasteiger partial charge in [0.1, 0.15) is 11.2 Å². The molecule has 168 valence electrons. The van der Waals surface area contributed by atoms with Crippen molar-refractivity contribution >= 4 is 43.6 Å². The highest BCUT2D eigenvalue weighted by Crippen LogP contribution is 2.41. The molecule has 0 fully saturated rings. The molecular weight excluding hydrogens is 442 g/mol. The van der Waals surface area contributed by atoms with Gasteiger partial charge < -0.3 is 4.42 Å². The fourth-order valence-corrected chi connectivity index (χ4v) is 5.17. The quantitative estimate of drug-likeness (QED) is 0.243. The predicted molar refractivity (Wildman–Crippen MR) is 145 cm³/mol. The summed E-state index contributed by atoms with van der Waals surface area (Å²) in [6.07, 6.45) is 3.63. The van der Waals surface area contributed by atoms with Gasteiger partial charge in [-0.3, -0.25) is 4.98 Å². The Labute approximate surface area is 207 Å². The van der Waals surface area contributed by atoms with Crippen LogP contribution in [0.5, 0.6) is 0 Å². The molecule has 4 nitrogen and oxygen atoms in total. The molecule has 4 aromatic carbocycles. The van der Waals surface area contributed by atoms with Gasteiger partial charge in [0.05, 0.1) is 29.0 Å². The molecule has 0 radical (unpaired) electrons. The van der Waals surface area contributed by atoms with E-state index in [4.69, 9.17) is 14.7 Å². The van der Waals surface area contributed by atoms with Crippen LogP contribution < -0.4 is 0 Å². The Balaban J connectivity index is 1.50. The van der Waals surface area contributed by atoms with Gasteiger partial charge in [-0.25, -0.2) is 4.98 Å². The first-order valence-corrected chi connectivity index (χ1v) is 11.8. The van der Waals surface area contributed by atoms with Crippen molar-refractivity contribution in [1.29, 1.82) is 5.26 Å². The Morgan fingerprint density at radius 1 is 0.778 bits per heavy atom. The summed E-state index contributed by atoms with van der Waals surface area (Å²) in [6.45, 7) is 2.11. The number of nitrogens with zero attached hydrogens (tertiary/aromatic N) is 3. The van der Waals surface area contributed by atoms with Crippen LogP contribution in [0.25, 0.3) is 66.0 Å². The topological polar surface area (TPSA) is 62.7 Å². The molecule has 0 saturated carbocycles. The van der Waals surface area contributed by atoms with E-state index in [0.29, 0.717) is 5.56 Å². The van der Waals surface area contributed by atoms with Crippen LogP contribution in [0, 0.1) is 18.3 Å². The predicted octanol–water partition coefficient (Wildman–Crippen LogP) is 8.20. The van der Waals surface area contributed by atoms with Crippen molar-refractivity contribution in [2.24, 2.45) is 0 Å². The molecule has 3 aromatic heterocycles. The standard InChI is InChI=1S/C32H19N3O/c1-19-16-22(21-8-6-20(17-33)7-9-21)10-11-23(19)31-27-13-12-25-24-4-2-3-5-29(24)36-32(25)30(27)26-14-15-34-18-28(26)35-31/h2-16,18H,1H3. The third kappa shape index (κ3) is 3.00. The molecule has 3 heterocycles. The highest BCUT2D eigenvalue weighted by molar-refractivity contribution is 6.24. The van der Waals surface area contributed by atoms with Crippen LogP contribution in [-0.4, -0.2) is 9.97 Å². The maximum Gasteiger partial charge on any atom is 0.144 e. The van der Waals surface area contributed by atoms with Crippen molar-refractivity contribution < 1.29 is 4.42 Å². The lowest BCUT2D eigenvalue weighted by Gasteiger charge is -2.13. The van der Waals surface area contributed by atoms with Crippen LogP contribution >= 0.6 is 0 Å². The third-order valence-electron chi connectivity index (χ3n) is 6.93. The number of rotatable bonds is 2. The molecular formula is C32H19N3O. The Bertz CT molecular complexity index is 2010. The third-order valence-corrected chi connectivity index (χ3v) is 6.93. The van der Waals surface area contributed by atoms with Crippen LogP contribution in [0.15, 0.2) is 102 Å². The summed E-state index contributed by atoms with van der Waals surface area (Å²) in [5.74, 6) is 0. The van der Waals surface area contributed by atoms with Crippen LogP contribution in [-0.2, 0) is 0 Å². The Morgan fingerprint density at radius 3 is 2.42 bits per heavy atom. The first-order valence-electron chi connectivity index (χ1n) is 11.8. The van der Waals surface area contributed by atoms with Crippen molar-refractivity contribution in [3.8, 4) is 28.5 Å². The second-order valence-electron chi connectivity index (χ2n) is 9.04. The summed E-state index contributed by atoms with van der Waals surface area (Å²) in [5, 5.41) is 14.4. The highest BCUT2D eigenvalue weighted by atomic mass is 16.3. The molecule has 0 bridgehead atoms. The van der Waals surface area contributed by atoms with Gasteiger partial charge in [0.25, 0.3) is 0 Å². The molecule has 0 atom stereocenters. The number of hydrogen-bond donors (Lipinski definition) is 0. The molecule has 7 rings (SSSR count). The van der Waals surface area contributed by atoms with E-state index in [9.17, 15) is 0 Å². The van der Waals surface area contributed by atoms with Crippen LogP contribution in [0.3, 0.4) is 0 Å². The number of hydrogen-bond acceptors (Lipinski definition) is 4. The molecule has 36 heavy (non-hydrogen) atoms. The zero-order valence-electron chi connectivity index (χ0n) is 19.5. The van der Waals surface area contributed by atoms with Crippen molar-refractivity contribution in [2.75, 3.05) is 0 Å². The summed E-state index contributed by atoms with van der Waals surface area (Å²) in [5.41, 5.74) is 8.53. The van der Waals surface area contributed by atoms with E-state index in [1.165, 1.54) is 0 Å². The monoisotopic (exact) mass is 461 g/mol. The Kier molecular flexibility index (Phi) is 4.39. The molecule has 0 N–H and O–H groups in total.